The van der Waals surface area contributed by atoms with Crippen LogP contribution in [0, 0.1) is 12.5 Å². The predicted octanol–water partition coefficient (Wildman–Crippen LogP) is 1.55. The number of H-pyrrole nitrogens is 1. The minimum Gasteiger partial charge on any atom is -0.354 e. The number of likely N-dealkylation sites (tertiary alicyclic amines) is 1. The lowest BCUT2D eigenvalue weighted by Crippen LogP contribution is -2.53. The van der Waals surface area contributed by atoms with Crippen LogP contribution >= 0.6 is 0 Å². The standard InChI is InChI=1S/C16H20N6O/c1-11-5-7-22(14(23)8-17-2)9-13(11)21(3)16-12-4-6-18-15(12)19-10-20-16/h4,6,10-11,13H,5,7-9H2,1,3H3,(H,18,19,20)/t11-,13+/m1/s1/i5D2,7D2,8D2,9D2,11D,13D. The first kappa shape index (κ1) is 7.30. The van der Waals surface area contributed by atoms with E-state index in [1.54, 1.807) is 0 Å². The number of anilines is 1. The fourth-order valence-electron chi connectivity index (χ4n) is 2.17. The van der Waals surface area contributed by atoms with E-state index in [0.717, 1.165) is 25.2 Å². The summed E-state index contributed by atoms with van der Waals surface area (Å²) in [6, 6.07) is -1.60. The van der Waals surface area contributed by atoms with Gasteiger partial charge in [-0.1, -0.05) is 6.92 Å². The van der Waals surface area contributed by atoms with Crippen molar-refractivity contribution in [2.75, 3.05) is 31.4 Å². The minimum absolute atomic E-state index is 0.113. The van der Waals surface area contributed by atoms with Gasteiger partial charge in [0.15, 0.2) is 0 Å². The van der Waals surface area contributed by atoms with Crippen molar-refractivity contribution in [1.82, 2.24) is 19.9 Å². The van der Waals surface area contributed by atoms with Crippen molar-refractivity contribution < 1.29 is 18.5 Å². The van der Waals surface area contributed by atoms with E-state index in [1.807, 2.05) is 0 Å². The van der Waals surface area contributed by atoms with Crippen molar-refractivity contribution in [2.45, 2.75) is 19.3 Å². The molecule has 1 N–H and O–H groups in total. The second-order valence-electron chi connectivity index (χ2n) is 4.68. The number of likely N-dealkylation sites (N-methyl/N-ethyl adjacent to an activating group) is 1. The molecule has 0 unspecified atom stereocenters. The van der Waals surface area contributed by atoms with Gasteiger partial charge in [-0.2, -0.15) is 0 Å². The van der Waals surface area contributed by atoms with Crippen LogP contribution in [0.3, 0.4) is 0 Å². The van der Waals surface area contributed by atoms with Gasteiger partial charge >= 0.3 is 5.91 Å². The highest BCUT2D eigenvalue weighted by Crippen LogP contribution is 2.28. The average Bonchev–Trinajstić information content (AvgIpc) is 3.19. The number of hydrogen-bond acceptors (Lipinski definition) is 4. The fraction of sp³-hybridized carbons (Fsp3) is 0.500. The van der Waals surface area contributed by atoms with Gasteiger partial charge in [0.25, 0.3) is 6.50 Å². The van der Waals surface area contributed by atoms with Gasteiger partial charge in [-0.3, -0.25) is 4.79 Å². The molecule has 0 spiro atoms. The summed E-state index contributed by atoms with van der Waals surface area (Å²) in [5.41, 5.74) is 0.286. The van der Waals surface area contributed by atoms with E-state index < -0.39 is 48.6 Å². The molecule has 0 aromatic carbocycles. The fourth-order valence-corrected chi connectivity index (χ4v) is 2.17. The summed E-state index contributed by atoms with van der Waals surface area (Å²) in [5, 5.41) is 0.279. The third-order valence-electron chi connectivity index (χ3n) is 3.27. The molecule has 1 aliphatic rings. The number of rotatable bonds is 3. The Bertz CT molecular complexity index is 1160. The molecule has 0 radical (unpaired) electrons. The molecule has 1 aliphatic heterocycles. The molecular formula is C16H20N6O. The first-order chi connectivity index (χ1) is 14.8. The molecule has 3 rings (SSSR count). The van der Waals surface area contributed by atoms with E-state index in [1.165, 1.54) is 12.3 Å². The number of amides is 1. The Kier molecular flexibility index (Phi) is 1.98. The van der Waals surface area contributed by atoms with E-state index in [4.69, 9.17) is 20.3 Å². The zero-order valence-corrected chi connectivity index (χ0v) is 12.4. The van der Waals surface area contributed by atoms with Crippen LogP contribution in [0.4, 0.5) is 5.82 Å². The summed E-state index contributed by atoms with van der Waals surface area (Å²) in [6.45, 7) is -2.83. The lowest BCUT2D eigenvalue weighted by atomic mass is 9.92. The topological polar surface area (TPSA) is 69.5 Å². The Morgan fingerprint density at radius 3 is 3.35 bits per heavy atom. The van der Waals surface area contributed by atoms with Gasteiger partial charge in [0.1, 0.15) is 20.5 Å². The first-order valence-electron chi connectivity index (χ1n) is 11.6. The number of piperidine rings is 1. The highest BCUT2D eigenvalue weighted by Gasteiger charge is 2.33. The summed E-state index contributed by atoms with van der Waals surface area (Å²) in [4.78, 5) is 26.6. The molecule has 7 heteroatoms. The Morgan fingerprint density at radius 1 is 1.74 bits per heavy atom. The molecule has 23 heavy (non-hydrogen) atoms. The maximum atomic E-state index is 12.9. The van der Waals surface area contributed by atoms with Crippen LogP contribution in [0.25, 0.3) is 15.9 Å². The third kappa shape index (κ3) is 2.84. The van der Waals surface area contributed by atoms with Gasteiger partial charge in [0.2, 0.25) is 0 Å². The number of aromatic nitrogens is 3. The predicted molar refractivity (Wildman–Crippen MR) is 87.9 cm³/mol. The van der Waals surface area contributed by atoms with Gasteiger partial charge < -0.3 is 19.6 Å². The molecule has 2 aromatic heterocycles. The molecule has 120 valence electrons. The van der Waals surface area contributed by atoms with Crippen molar-refractivity contribution in [1.29, 1.82) is 0 Å². The molecule has 7 nitrogen and oxygen atoms in total. The van der Waals surface area contributed by atoms with Crippen LogP contribution in [0.1, 0.15) is 27.0 Å². The average molecular weight is 322 g/mol. The number of nitrogens with one attached hydrogen (secondary N) is 1. The van der Waals surface area contributed by atoms with E-state index in [9.17, 15) is 4.79 Å². The monoisotopic (exact) mass is 322 g/mol. The largest absolute Gasteiger partial charge is 0.354 e. The van der Waals surface area contributed by atoms with Gasteiger partial charge in [-0.05, 0) is 18.3 Å². The van der Waals surface area contributed by atoms with Gasteiger partial charge in [-0.25, -0.2) is 16.5 Å². The van der Waals surface area contributed by atoms with Crippen LogP contribution in [0.2, 0.25) is 0 Å². The van der Waals surface area contributed by atoms with Crippen molar-refractivity contribution in [2.24, 2.45) is 5.89 Å². The van der Waals surface area contributed by atoms with E-state index in [-0.39, 0.29) is 16.9 Å². The molecule has 0 bridgehead atoms. The van der Waals surface area contributed by atoms with Crippen LogP contribution in [0.5, 0.6) is 0 Å². The number of carbonyl (C=O) groups is 1. The Labute approximate surface area is 149 Å². The lowest BCUT2D eigenvalue weighted by Gasteiger charge is -2.41. The normalized spacial score (nSPS) is 41.2. The molecule has 1 amide bonds. The zero-order valence-electron chi connectivity index (χ0n) is 22.4. The maximum absolute atomic E-state index is 12.9. The summed E-state index contributed by atoms with van der Waals surface area (Å²) in [6.07, 6.45) is -0.845. The number of carbonyl (C=O) groups excluding carboxylic acids is 1. The summed E-state index contributed by atoms with van der Waals surface area (Å²) >= 11 is 0. The van der Waals surface area contributed by atoms with E-state index in [2.05, 4.69) is 19.8 Å². The summed E-state index contributed by atoms with van der Waals surface area (Å²) in [5.74, 6) is -5.03. The van der Waals surface area contributed by atoms with Crippen molar-refractivity contribution in [3.05, 3.63) is 30.0 Å². The van der Waals surface area contributed by atoms with Crippen molar-refractivity contribution in [3.8, 4) is 0 Å². The Balaban J connectivity index is 2.37. The van der Waals surface area contributed by atoms with Gasteiger partial charge in [-0.15, -0.1) is 0 Å². The molecule has 0 aliphatic carbocycles. The smallest absolute Gasteiger partial charge is 0.302 e. The molecule has 3 heterocycles. The number of nitrogens with zero attached hydrogens (tertiary/aromatic N) is 5. The molecular weight excluding hydrogens is 292 g/mol. The molecule has 0 saturated carbocycles. The molecule has 2 aromatic rings. The SMILES string of the molecule is [2H]C([2H])([N+]#[C-])C(=O)N1C([2H])([2H])C([2H])([2H])[C@@]([2H])(C)[C@@]([2H])(N(C)c2ncnc3[nH]ccc23)C1([2H])[2H]. The molecule has 1 fully saturated rings. The van der Waals surface area contributed by atoms with Crippen LogP contribution in [-0.4, -0.2) is 58.3 Å². The van der Waals surface area contributed by atoms with E-state index >= 15 is 0 Å². The quantitative estimate of drug-likeness (QED) is 0.871. The second kappa shape index (κ2) is 6.24. The third-order valence-corrected chi connectivity index (χ3v) is 3.27. The number of hydrogen-bond donors (Lipinski definition) is 1. The highest BCUT2D eigenvalue weighted by atomic mass is 16.2. The highest BCUT2D eigenvalue weighted by molar-refractivity contribution is 5.87. The molecule has 2 atom stereocenters. The van der Waals surface area contributed by atoms with Crippen LogP contribution < -0.4 is 4.90 Å². The van der Waals surface area contributed by atoms with Gasteiger partial charge in [0.05, 0.1) is 15.5 Å². The number of aromatic amines is 1. The maximum Gasteiger partial charge on any atom is 0.302 e. The Morgan fingerprint density at radius 2 is 2.57 bits per heavy atom. The lowest BCUT2D eigenvalue weighted by molar-refractivity contribution is -0.130. The first-order valence-corrected chi connectivity index (χ1v) is 6.59. The summed E-state index contributed by atoms with van der Waals surface area (Å²) in [7, 11) is 1.13. The van der Waals surface area contributed by atoms with E-state index in [0.29, 0.717) is 0 Å². The summed E-state index contributed by atoms with van der Waals surface area (Å²) < 4.78 is 83.7. The molecule has 1 saturated heterocycles. The van der Waals surface area contributed by atoms with Crippen molar-refractivity contribution >= 4 is 22.8 Å². The zero-order chi connectivity index (χ0) is 25.4. The van der Waals surface area contributed by atoms with Crippen LogP contribution in [-0.2, 0) is 4.79 Å². The van der Waals surface area contributed by atoms with Crippen molar-refractivity contribution in [3.63, 3.8) is 0 Å². The minimum atomic E-state index is -3.61. The Hall–Kier alpha value is -2.62. The second-order valence-corrected chi connectivity index (χ2v) is 4.68. The number of fused-ring (bicyclic) bond motifs is 1. The van der Waals surface area contributed by atoms with Gasteiger partial charge in [0, 0.05) is 33.1 Å². The van der Waals surface area contributed by atoms with Crippen LogP contribution in [0.15, 0.2) is 18.6 Å².